The molecule has 3 aromatic heterocycles. The summed E-state index contributed by atoms with van der Waals surface area (Å²) >= 11 is 1.13. The molecule has 0 bridgehead atoms. The lowest BCUT2D eigenvalue weighted by atomic mass is 10.0. The van der Waals surface area contributed by atoms with Gasteiger partial charge in [-0.25, -0.2) is 14.8 Å². The molecule has 0 N–H and O–H groups in total. The van der Waals surface area contributed by atoms with Crippen molar-refractivity contribution in [1.29, 1.82) is 0 Å². The van der Waals surface area contributed by atoms with Crippen LogP contribution in [0.1, 0.15) is 5.69 Å². The molecule has 0 atom stereocenters. The number of anilines is 1. The number of ether oxygens (including phenoxy) is 2. The van der Waals surface area contributed by atoms with Crippen LogP contribution in [-0.2, 0) is 26.7 Å². The van der Waals surface area contributed by atoms with Gasteiger partial charge in [-0.1, -0.05) is 10.5 Å². The number of hydrogen-bond donors (Lipinski definition) is 0. The quantitative estimate of drug-likeness (QED) is 0.311. The summed E-state index contributed by atoms with van der Waals surface area (Å²) in [6.07, 6.45) is -3.26. The van der Waals surface area contributed by atoms with E-state index in [4.69, 9.17) is 9.47 Å². The van der Waals surface area contributed by atoms with Gasteiger partial charge in [-0.05, 0) is 30.7 Å². The second-order valence-corrected chi connectivity index (χ2v) is 10.2. The highest BCUT2D eigenvalue weighted by atomic mass is 32.2. The van der Waals surface area contributed by atoms with Crippen LogP contribution in [0.15, 0.2) is 47.2 Å². The molecule has 0 aliphatic heterocycles. The maximum Gasteiger partial charge on any atom is 0.493 e. The number of carbonyl (C=O) groups excluding carboxylic acids is 1. The Labute approximate surface area is 212 Å². The van der Waals surface area contributed by atoms with Gasteiger partial charge in [-0.3, -0.25) is 0 Å². The number of carbonyl (C=O) groups is 1. The van der Waals surface area contributed by atoms with Crippen molar-refractivity contribution in [3.05, 3.63) is 47.9 Å². The fraction of sp³-hybridized carbons (Fsp3) is 0.227. The molecule has 0 saturated carbocycles. The number of methoxy groups -OCH3 is 2. The topological polar surface area (TPSA) is 113 Å². The van der Waals surface area contributed by atoms with Crippen molar-refractivity contribution in [3.8, 4) is 22.6 Å². The molecule has 0 saturated heterocycles. The number of halogens is 3. The van der Waals surface area contributed by atoms with Crippen molar-refractivity contribution in [1.82, 2.24) is 14.5 Å². The Morgan fingerprint density at radius 2 is 1.84 bits per heavy atom. The zero-order valence-electron chi connectivity index (χ0n) is 19.7. The number of hydrogen-bond acceptors (Lipinski definition) is 9. The average molecular weight is 557 g/mol. The molecule has 196 valence electrons. The van der Waals surface area contributed by atoms with Gasteiger partial charge in [-0.15, -0.1) is 11.3 Å². The van der Waals surface area contributed by atoms with Gasteiger partial charge < -0.3 is 18.9 Å². The number of nitrogens with zero attached hydrogens (tertiary/aromatic N) is 4. The van der Waals surface area contributed by atoms with Crippen LogP contribution in [0.2, 0.25) is 0 Å². The molecule has 4 rings (SSSR count). The lowest BCUT2D eigenvalue weighted by molar-refractivity contribution is -0.199. The lowest BCUT2D eigenvalue weighted by Gasteiger charge is -2.23. The summed E-state index contributed by atoms with van der Waals surface area (Å²) in [4.78, 5) is 24.8. The number of pyridine rings is 1. The van der Waals surface area contributed by atoms with Gasteiger partial charge in [-0.2, -0.15) is 21.6 Å². The highest BCUT2D eigenvalue weighted by Crippen LogP contribution is 2.43. The molecular formula is C22H19F3N4O6S2. The molecule has 4 aromatic rings. The average Bonchev–Trinajstić information content (AvgIpc) is 3.47. The Hall–Kier alpha value is -3.85. The van der Waals surface area contributed by atoms with Crippen LogP contribution in [0.5, 0.6) is 11.5 Å². The summed E-state index contributed by atoms with van der Waals surface area (Å²) in [5.41, 5.74) is 0.852. The van der Waals surface area contributed by atoms with E-state index in [-0.39, 0.29) is 21.2 Å². The Morgan fingerprint density at radius 3 is 2.43 bits per heavy atom. The molecule has 0 amide bonds. The van der Waals surface area contributed by atoms with Gasteiger partial charge in [0, 0.05) is 35.3 Å². The Kier molecular flexibility index (Phi) is 6.77. The number of alkyl halides is 3. The van der Waals surface area contributed by atoms with E-state index >= 15 is 0 Å². The maximum atomic E-state index is 13.5. The van der Waals surface area contributed by atoms with Crippen molar-refractivity contribution < 1.29 is 40.7 Å². The first-order chi connectivity index (χ1) is 17.4. The molecule has 15 heteroatoms. The Balaban J connectivity index is 2.00. The first-order valence-corrected chi connectivity index (χ1v) is 12.6. The SMILES string of the molecule is COc1ccc(-c2csc3nc(C)cc(N(OC(=O)C(F)(F)F)S(=O)(=O)c4cn(C)cn4)c23)cc1OC. The zero-order chi connectivity index (χ0) is 27.1. The number of rotatable bonds is 7. The summed E-state index contributed by atoms with van der Waals surface area (Å²) < 4.78 is 78.4. The molecule has 0 spiro atoms. The maximum absolute atomic E-state index is 13.5. The fourth-order valence-corrected chi connectivity index (χ4v) is 5.69. The summed E-state index contributed by atoms with van der Waals surface area (Å²) in [6, 6.07) is 6.10. The second kappa shape index (κ2) is 9.55. The highest BCUT2D eigenvalue weighted by molar-refractivity contribution is 7.92. The number of imidazole rings is 1. The van der Waals surface area contributed by atoms with Crippen LogP contribution in [0.25, 0.3) is 21.3 Å². The number of aromatic nitrogens is 3. The van der Waals surface area contributed by atoms with E-state index in [1.807, 2.05) is 0 Å². The van der Waals surface area contributed by atoms with Gasteiger partial charge in [0.1, 0.15) is 10.5 Å². The van der Waals surface area contributed by atoms with Crippen molar-refractivity contribution in [2.24, 2.45) is 7.05 Å². The summed E-state index contributed by atoms with van der Waals surface area (Å²) in [6.45, 7) is 1.52. The van der Waals surface area contributed by atoms with E-state index in [2.05, 4.69) is 14.8 Å². The van der Waals surface area contributed by atoms with Gasteiger partial charge in [0.2, 0.25) is 0 Å². The van der Waals surface area contributed by atoms with Gasteiger partial charge in [0.25, 0.3) is 0 Å². The van der Waals surface area contributed by atoms with Gasteiger partial charge >= 0.3 is 22.2 Å². The Morgan fingerprint density at radius 1 is 1.14 bits per heavy atom. The van der Waals surface area contributed by atoms with Crippen LogP contribution < -0.4 is 13.9 Å². The first-order valence-electron chi connectivity index (χ1n) is 10.3. The predicted octanol–water partition coefficient (Wildman–Crippen LogP) is 4.24. The van der Waals surface area contributed by atoms with Crippen LogP contribution >= 0.6 is 11.3 Å². The van der Waals surface area contributed by atoms with E-state index in [0.29, 0.717) is 27.5 Å². The molecule has 3 heterocycles. The van der Waals surface area contributed by atoms with Crippen LogP contribution in [0.3, 0.4) is 0 Å². The normalized spacial score (nSPS) is 12.0. The largest absolute Gasteiger partial charge is 0.493 e. The molecule has 0 aliphatic carbocycles. The van der Waals surface area contributed by atoms with E-state index in [1.165, 1.54) is 38.8 Å². The minimum atomic E-state index is -5.47. The first kappa shape index (κ1) is 26.2. The fourth-order valence-electron chi connectivity index (χ4n) is 3.46. The highest BCUT2D eigenvalue weighted by Gasteiger charge is 2.45. The minimum absolute atomic E-state index is 0.0564. The summed E-state index contributed by atoms with van der Waals surface area (Å²) in [5, 5.41) is 1.16. The second-order valence-electron chi connectivity index (χ2n) is 7.67. The summed E-state index contributed by atoms with van der Waals surface area (Å²) in [5.74, 6) is -1.93. The third-order valence-corrected chi connectivity index (χ3v) is 7.42. The van der Waals surface area contributed by atoms with Gasteiger partial charge in [0.15, 0.2) is 16.5 Å². The smallest absolute Gasteiger partial charge is 0.493 e. The molecule has 1 aromatic carbocycles. The standard InChI is InChI=1S/C22H19F3N4O6S2/c1-12-7-15(29(35-21(30)22(23,24)25)37(31,32)18-9-28(2)11-26-18)19-14(10-36-20(19)27-12)13-5-6-16(33-3)17(8-13)34-4/h5-11H,1-4H3. The molecule has 0 aliphatic rings. The van der Waals surface area contributed by atoms with Crippen molar-refractivity contribution in [3.63, 3.8) is 0 Å². The van der Waals surface area contributed by atoms with E-state index < -0.39 is 27.2 Å². The van der Waals surface area contributed by atoms with E-state index in [9.17, 15) is 26.4 Å². The van der Waals surface area contributed by atoms with Crippen LogP contribution in [0, 0.1) is 6.92 Å². The number of fused-ring (bicyclic) bond motifs is 1. The van der Waals surface area contributed by atoms with Gasteiger partial charge in [0.05, 0.1) is 20.5 Å². The monoisotopic (exact) mass is 556 g/mol. The zero-order valence-corrected chi connectivity index (χ0v) is 21.4. The van der Waals surface area contributed by atoms with Crippen molar-refractivity contribution in [2.75, 3.05) is 18.7 Å². The van der Waals surface area contributed by atoms with Crippen LogP contribution in [-0.4, -0.2) is 49.3 Å². The van der Waals surface area contributed by atoms with Crippen LogP contribution in [0.4, 0.5) is 18.9 Å². The Bertz CT molecular complexity index is 1600. The predicted molar refractivity (Wildman–Crippen MR) is 128 cm³/mol. The number of benzene rings is 1. The van der Waals surface area contributed by atoms with E-state index in [0.717, 1.165) is 23.9 Å². The molecule has 0 unspecified atom stereocenters. The third kappa shape index (κ3) is 4.91. The van der Waals surface area contributed by atoms with E-state index in [1.54, 1.807) is 23.6 Å². The lowest BCUT2D eigenvalue weighted by Crippen LogP contribution is -2.39. The number of aryl methyl sites for hydroxylation is 2. The molecule has 0 fully saturated rings. The third-order valence-electron chi connectivity index (χ3n) is 5.10. The van der Waals surface area contributed by atoms with Crippen molar-refractivity contribution in [2.45, 2.75) is 18.1 Å². The minimum Gasteiger partial charge on any atom is -0.493 e. The summed E-state index contributed by atoms with van der Waals surface area (Å²) in [7, 11) is -0.546. The molecule has 10 nitrogen and oxygen atoms in total. The number of sulfonamides is 1. The molecule has 0 radical (unpaired) electrons. The molecule has 37 heavy (non-hydrogen) atoms. The van der Waals surface area contributed by atoms with Crippen molar-refractivity contribution >= 4 is 43.2 Å². The number of thiophene rings is 1. The molecular weight excluding hydrogens is 537 g/mol.